The van der Waals surface area contributed by atoms with Crippen LogP contribution in [0.2, 0.25) is 0 Å². The Kier molecular flexibility index (Phi) is 6.72. The van der Waals surface area contributed by atoms with Crippen LogP contribution in [0.1, 0.15) is 39.0 Å². The van der Waals surface area contributed by atoms with Crippen molar-refractivity contribution in [2.75, 3.05) is 19.7 Å². The summed E-state index contributed by atoms with van der Waals surface area (Å²) in [6.45, 7) is 3.45. The van der Waals surface area contributed by atoms with E-state index in [9.17, 15) is 23.1 Å². The topological polar surface area (TPSA) is 70.6 Å². The largest absolute Gasteiger partial charge is 0.389 e. The number of halogens is 4. The molecule has 136 valence electrons. The molecule has 0 saturated carbocycles. The van der Waals surface area contributed by atoms with E-state index < -0.39 is 42.2 Å². The van der Waals surface area contributed by atoms with Crippen molar-refractivity contribution in [3.05, 3.63) is 0 Å². The van der Waals surface area contributed by atoms with Crippen molar-refractivity contribution in [1.29, 1.82) is 0 Å². The lowest BCUT2D eigenvalue weighted by Crippen LogP contribution is -2.69. The number of aliphatic hydroxyl groups excluding tert-OH is 1. The lowest BCUT2D eigenvalue weighted by molar-refractivity contribution is -0.200. The molecule has 0 unspecified atom stereocenters. The van der Waals surface area contributed by atoms with Gasteiger partial charge in [-0.1, -0.05) is 0 Å². The predicted molar refractivity (Wildman–Crippen MR) is 80.5 cm³/mol. The van der Waals surface area contributed by atoms with Gasteiger partial charge in [0.1, 0.15) is 6.10 Å². The number of piperidine rings is 1. The standard InChI is InChI=1S/C14H23F3N2O3.ClH/c1-12(19-10(20)2-3-14(15,16)17)6-9-22-13(11(12)21)4-7-18-8-5-13;/h11,18,21H,2-9H2,1H3,(H,19,20);1H/t11-,12+;/m0./s1. The third-order valence-electron chi connectivity index (χ3n) is 4.62. The van der Waals surface area contributed by atoms with Gasteiger partial charge in [0, 0.05) is 13.0 Å². The van der Waals surface area contributed by atoms with Gasteiger partial charge >= 0.3 is 6.18 Å². The molecule has 0 bridgehead atoms. The molecule has 0 radical (unpaired) electrons. The molecule has 0 aliphatic carbocycles. The number of amides is 1. The highest BCUT2D eigenvalue weighted by Crippen LogP contribution is 2.38. The van der Waals surface area contributed by atoms with Gasteiger partial charge in [-0.2, -0.15) is 13.2 Å². The molecule has 0 aromatic carbocycles. The Labute approximate surface area is 139 Å². The second-order valence-electron chi connectivity index (χ2n) is 6.40. The number of rotatable bonds is 3. The van der Waals surface area contributed by atoms with Gasteiger partial charge < -0.3 is 20.5 Å². The highest BCUT2D eigenvalue weighted by atomic mass is 35.5. The summed E-state index contributed by atoms with van der Waals surface area (Å²) in [6.07, 6.45) is -5.47. The Morgan fingerprint density at radius 3 is 2.52 bits per heavy atom. The SMILES string of the molecule is C[C@@]1(NC(=O)CCC(F)(F)F)CCOC2(CCNCC2)[C@H]1O.Cl. The summed E-state index contributed by atoms with van der Waals surface area (Å²) in [7, 11) is 0. The highest BCUT2D eigenvalue weighted by Gasteiger charge is 2.53. The summed E-state index contributed by atoms with van der Waals surface area (Å²) in [6, 6.07) is 0. The molecule has 23 heavy (non-hydrogen) atoms. The Morgan fingerprint density at radius 1 is 1.35 bits per heavy atom. The highest BCUT2D eigenvalue weighted by molar-refractivity contribution is 5.85. The average Bonchev–Trinajstić information content (AvgIpc) is 2.43. The van der Waals surface area contributed by atoms with Crippen LogP contribution in [0.5, 0.6) is 0 Å². The van der Waals surface area contributed by atoms with Gasteiger partial charge in [-0.05, 0) is 39.3 Å². The summed E-state index contributed by atoms with van der Waals surface area (Å²) >= 11 is 0. The van der Waals surface area contributed by atoms with E-state index in [1.165, 1.54) is 0 Å². The molecule has 2 fully saturated rings. The summed E-state index contributed by atoms with van der Waals surface area (Å²) < 4.78 is 42.4. The number of carbonyl (C=O) groups excluding carboxylic acids is 1. The van der Waals surface area contributed by atoms with Gasteiger partial charge in [0.2, 0.25) is 5.91 Å². The van der Waals surface area contributed by atoms with Gasteiger partial charge in [-0.25, -0.2) is 0 Å². The van der Waals surface area contributed by atoms with E-state index in [1.807, 2.05) is 0 Å². The smallest absolute Gasteiger partial charge is 0.388 e. The van der Waals surface area contributed by atoms with Crippen molar-refractivity contribution in [2.45, 2.75) is 62.4 Å². The number of hydrogen-bond donors (Lipinski definition) is 3. The first-order valence-corrected chi connectivity index (χ1v) is 7.57. The first kappa shape index (κ1) is 20.5. The van der Waals surface area contributed by atoms with Crippen LogP contribution in [-0.4, -0.2) is 54.1 Å². The first-order chi connectivity index (χ1) is 10.2. The minimum Gasteiger partial charge on any atom is -0.388 e. The summed E-state index contributed by atoms with van der Waals surface area (Å²) in [5, 5.41) is 16.5. The van der Waals surface area contributed by atoms with Crippen LogP contribution in [0.15, 0.2) is 0 Å². The number of alkyl halides is 3. The number of nitrogens with one attached hydrogen (secondary N) is 2. The lowest BCUT2D eigenvalue weighted by Gasteiger charge is -2.52. The maximum absolute atomic E-state index is 12.2. The molecule has 3 N–H and O–H groups in total. The molecule has 0 aromatic heterocycles. The number of carbonyl (C=O) groups is 1. The van der Waals surface area contributed by atoms with Gasteiger partial charge in [0.25, 0.3) is 0 Å². The van der Waals surface area contributed by atoms with Crippen molar-refractivity contribution >= 4 is 18.3 Å². The van der Waals surface area contributed by atoms with E-state index in [4.69, 9.17) is 4.74 Å². The molecule has 2 saturated heterocycles. The Bertz CT molecular complexity index is 411. The molecular formula is C14H24ClF3N2O3. The summed E-state index contributed by atoms with van der Waals surface area (Å²) in [4.78, 5) is 11.8. The molecule has 0 aromatic rings. The van der Waals surface area contributed by atoms with Crippen molar-refractivity contribution in [1.82, 2.24) is 10.6 Å². The Morgan fingerprint density at radius 2 is 1.96 bits per heavy atom. The second-order valence-corrected chi connectivity index (χ2v) is 6.40. The second kappa shape index (κ2) is 7.55. The normalized spacial score (nSPS) is 30.6. The van der Waals surface area contributed by atoms with E-state index in [0.717, 1.165) is 0 Å². The van der Waals surface area contributed by atoms with Crippen LogP contribution in [-0.2, 0) is 9.53 Å². The van der Waals surface area contributed by atoms with Gasteiger partial charge in [-0.3, -0.25) is 4.79 Å². The third-order valence-corrected chi connectivity index (χ3v) is 4.62. The van der Waals surface area contributed by atoms with Gasteiger partial charge in [0.05, 0.1) is 17.6 Å². The van der Waals surface area contributed by atoms with Crippen LogP contribution in [0.25, 0.3) is 0 Å². The number of hydrogen-bond acceptors (Lipinski definition) is 4. The summed E-state index contributed by atoms with van der Waals surface area (Å²) in [5.41, 5.74) is -1.69. The molecule has 2 atom stereocenters. The minimum atomic E-state index is -4.36. The fourth-order valence-corrected chi connectivity index (χ4v) is 3.30. The fourth-order valence-electron chi connectivity index (χ4n) is 3.30. The zero-order chi connectivity index (χ0) is 16.4. The van der Waals surface area contributed by atoms with E-state index in [1.54, 1.807) is 6.92 Å². The van der Waals surface area contributed by atoms with Crippen LogP contribution in [0, 0.1) is 0 Å². The lowest BCUT2D eigenvalue weighted by atomic mass is 9.73. The van der Waals surface area contributed by atoms with E-state index in [0.29, 0.717) is 39.0 Å². The quantitative estimate of drug-likeness (QED) is 0.714. The van der Waals surface area contributed by atoms with Gasteiger partial charge in [0.15, 0.2) is 0 Å². The molecule has 9 heteroatoms. The zero-order valence-corrected chi connectivity index (χ0v) is 13.9. The number of ether oxygens (including phenoxy) is 1. The maximum Gasteiger partial charge on any atom is 0.389 e. The van der Waals surface area contributed by atoms with E-state index in [2.05, 4.69) is 10.6 Å². The van der Waals surface area contributed by atoms with Gasteiger partial charge in [-0.15, -0.1) is 12.4 Å². The van der Waals surface area contributed by atoms with Crippen LogP contribution < -0.4 is 10.6 Å². The van der Waals surface area contributed by atoms with Crippen molar-refractivity contribution in [3.63, 3.8) is 0 Å². The fraction of sp³-hybridized carbons (Fsp3) is 0.929. The molecule has 2 aliphatic heterocycles. The van der Waals surface area contributed by atoms with E-state index in [-0.39, 0.29) is 12.4 Å². The molecular weight excluding hydrogens is 337 g/mol. The first-order valence-electron chi connectivity index (χ1n) is 7.57. The van der Waals surface area contributed by atoms with Crippen molar-refractivity contribution in [2.24, 2.45) is 0 Å². The van der Waals surface area contributed by atoms with Crippen molar-refractivity contribution in [3.8, 4) is 0 Å². The number of aliphatic hydroxyl groups is 1. The Balaban J connectivity index is 0.00000264. The monoisotopic (exact) mass is 360 g/mol. The third kappa shape index (κ3) is 4.95. The minimum absolute atomic E-state index is 0. The molecule has 2 aliphatic rings. The predicted octanol–water partition coefficient (Wildman–Crippen LogP) is 1.53. The molecule has 1 spiro atoms. The van der Waals surface area contributed by atoms with E-state index >= 15 is 0 Å². The molecule has 2 rings (SSSR count). The zero-order valence-electron chi connectivity index (χ0n) is 13.0. The molecule has 1 amide bonds. The Hall–Kier alpha value is -0.570. The molecule has 2 heterocycles. The average molecular weight is 361 g/mol. The van der Waals surface area contributed by atoms with Crippen molar-refractivity contribution < 1.29 is 27.8 Å². The molecule has 5 nitrogen and oxygen atoms in total. The van der Waals surface area contributed by atoms with Crippen LogP contribution in [0.4, 0.5) is 13.2 Å². The van der Waals surface area contributed by atoms with Crippen LogP contribution >= 0.6 is 12.4 Å². The summed E-state index contributed by atoms with van der Waals surface area (Å²) in [5.74, 6) is -0.690. The van der Waals surface area contributed by atoms with Crippen LogP contribution in [0.3, 0.4) is 0 Å². The maximum atomic E-state index is 12.2.